The topological polar surface area (TPSA) is 24.9 Å². The van der Waals surface area contributed by atoms with Crippen LogP contribution in [0.1, 0.15) is 23.6 Å². The summed E-state index contributed by atoms with van der Waals surface area (Å²) in [4.78, 5) is 4.57. The van der Waals surface area contributed by atoms with Gasteiger partial charge in [0.2, 0.25) is 0 Å². The Kier molecular flexibility index (Phi) is 3.15. The lowest BCUT2D eigenvalue weighted by molar-refractivity contribution is 0.763. The molecule has 3 heteroatoms. The van der Waals surface area contributed by atoms with Gasteiger partial charge in [-0.3, -0.25) is 4.98 Å². The van der Waals surface area contributed by atoms with E-state index in [1.807, 2.05) is 6.20 Å². The highest BCUT2D eigenvalue weighted by Gasteiger charge is 2.22. The Balaban J connectivity index is 1.73. The fourth-order valence-electron chi connectivity index (χ4n) is 3.15. The lowest BCUT2D eigenvalue weighted by Gasteiger charge is -2.17. The highest BCUT2D eigenvalue weighted by atomic mass is 79.9. The van der Waals surface area contributed by atoms with Crippen LogP contribution in [0.2, 0.25) is 0 Å². The summed E-state index contributed by atoms with van der Waals surface area (Å²) in [6, 6.07) is 17.5. The molecule has 2 nitrogen and oxygen atoms in total. The molecule has 1 heterocycles. The summed E-state index contributed by atoms with van der Waals surface area (Å²) in [5.74, 6) is 0. The molecule has 3 aromatic rings. The average molecular weight is 339 g/mol. The summed E-state index contributed by atoms with van der Waals surface area (Å²) in [5, 5.41) is 4.84. The molecule has 1 aliphatic carbocycles. The standard InChI is InChI=1S/C18H15BrN2/c19-14-10-13-5-3-7-17(18(13)20-11-14)21-16-9-8-12-4-1-2-6-15(12)16/h1-7,10-11,16,21H,8-9H2. The molecule has 2 aromatic carbocycles. The molecule has 0 radical (unpaired) electrons. The maximum absolute atomic E-state index is 4.57. The number of pyridine rings is 1. The van der Waals surface area contributed by atoms with E-state index >= 15 is 0 Å². The zero-order chi connectivity index (χ0) is 14.2. The van der Waals surface area contributed by atoms with Crippen molar-refractivity contribution in [1.29, 1.82) is 0 Å². The molecule has 1 unspecified atom stereocenters. The molecule has 21 heavy (non-hydrogen) atoms. The van der Waals surface area contributed by atoms with Crippen LogP contribution in [0.15, 0.2) is 59.2 Å². The van der Waals surface area contributed by atoms with Crippen molar-refractivity contribution in [2.24, 2.45) is 0 Å². The number of nitrogens with one attached hydrogen (secondary N) is 1. The van der Waals surface area contributed by atoms with Gasteiger partial charge in [-0.1, -0.05) is 36.4 Å². The van der Waals surface area contributed by atoms with Crippen molar-refractivity contribution in [1.82, 2.24) is 4.98 Å². The predicted molar refractivity (Wildman–Crippen MR) is 90.6 cm³/mol. The van der Waals surface area contributed by atoms with Gasteiger partial charge in [0.1, 0.15) is 0 Å². The molecular weight excluding hydrogens is 324 g/mol. The number of halogens is 1. The highest BCUT2D eigenvalue weighted by Crippen LogP contribution is 2.35. The molecule has 0 saturated heterocycles. The first-order chi connectivity index (χ1) is 10.3. The van der Waals surface area contributed by atoms with Crippen LogP contribution in [0.25, 0.3) is 10.9 Å². The van der Waals surface area contributed by atoms with Gasteiger partial charge < -0.3 is 5.32 Å². The normalized spacial score (nSPS) is 16.9. The monoisotopic (exact) mass is 338 g/mol. The minimum atomic E-state index is 0.386. The zero-order valence-corrected chi connectivity index (χ0v) is 13.1. The summed E-state index contributed by atoms with van der Waals surface area (Å²) < 4.78 is 1.01. The summed E-state index contributed by atoms with van der Waals surface area (Å²) in [7, 11) is 0. The molecule has 1 aliphatic rings. The first kappa shape index (κ1) is 12.8. The van der Waals surface area contributed by atoms with E-state index in [4.69, 9.17) is 0 Å². The van der Waals surface area contributed by atoms with Crippen molar-refractivity contribution in [2.75, 3.05) is 5.32 Å². The van der Waals surface area contributed by atoms with Crippen molar-refractivity contribution in [2.45, 2.75) is 18.9 Å². The van der Waals surface area contributed by atoms with E-state index in [-0.39, 0.29) is 0 Å². The van der Waals surface area contributed by atoms with Gasteiger partial charge in [-0.25, -0.2) is 0 Å². The Morgan fingerprint density at radius 3 is 2.95 bits per heavy atom. The summed E-state index contributed by atoms with van der Waals surface area (Å²) in [5.41, 5.74) is 5.03. The molecule has 1 N–H and O–H groups in total. The van der Waals surface area contributed by atoms with Crippen molar-refractivity contribution >= 4 is 32.5 Å². The van der Waals surface area contributed by atoms with E-state index in [0.717, 1.165) is 33.9 Å². The second-order valence-corrected chi connectivity index (χ2v) is 6.38. The summed E-state index contributed by atoms with van der Waals surface area (Å²) in [6.07, 6.45) is 4.15. The van der Waals surface area contributed by atoms with E-state index in [0.29, 0.717) is 6.04 Å². The third-order valence-electron chi connectivity index (χ3n) is 4.14. The van der Waals surface area contributed by atoms with Gasteiger partial charge in [0.15, 0.2) is 0 Å². The molecule has 4 rings (SSSR count). The fourth-order valence-corrected chi connectivity index (χ4v) is 3.49. The molecule has 1 atom stereocenters. The van der Waals surface area contributed by atoms with Crippen LogP contribution in [-0.4, -0.2) is 4.98 Å². The third kappa shape index (κ3) is 2.32. The van der Waals surface area contributed by atoms with Crippen molar-refractivity contribution in [3.63, 3.8) is 0 Å². The van der Waals surface area contributed by atoms with Crippen LogP contribution in [-0.2, 0) is 6.42 Å². The number of hydrogen-bond acceptors (Lipinski definition) is 2. The van der Waals surface area contributed by atoms with E-state index in [1.54, 1.807) is 0 Å². The second kappa shape index (κ2) is 5.15. The fraction of sp³-hybridized carbons (Fsp3) is 0.167. The highest BCUT2D eigenvalue weighted by molar-refractivity contribution is 9.10. The van der Waals surface area contributed by atoms with Crippen LogP contribution >= 0.6 is 15.9 Å². The number of aryl methyl sites for hydroxylation is 1. The van der Waals surface area contributed by atoms with Crippen molar-refractivity contribution < 1.29 is 0 Å². The third-order valence-corrected chi connectivity index (χ3v) is 4.57. The first-order valence-corrected chi connectivity index (χ1v) is 7.99. The number of aromatic nitrogens is 1. The SMILES string of the molecule is Brc1cnc2c(NC3CCc4ccccc43)cccc2c1. The van der Waals surface area contributed by atoms with Crippen LogP contribution in [0.4, 0.5) is 5.69 Å². The molecule has 1 aromatic heterocycles. The van der Waals surface area contributed by atoms with Gasteiger partial charge >= 0.3 is 0 Å². The van der Waals surface area contributed by atoms with Gasteiger partial charge in [0.25, 0.3) is 0 Å². The van der Waals surface area contributed by atoms with Gasteiger partial charge in [-0.05, 0) is 52.0 Å². The van der Waals surface area contributed by atoms with Gasteiger partial charge in [0.05, 0.1) is 17.2 Å². The molecule has 0 aliphatic heterocycles. The minimum Gasteiger partial charge on any atom is -0.376 e. The molecule has 104 valence electrons. The van der Waals surface area contributed by atoms with Crippen molar-refractivity contribution in [3.05, 3.63) is 70.3 Å². The number of benzene rings is 2. The molecule has 0 spiro atoms. The number of hydrogen-bond donors (Lipinski definition) is 1. The quantitative estimate of drug-likeness (QED) is 0.703. The maximum atomic E-state index is 4.57. The lowest BCUT2D eigenvalue weighted by atomic mass is 10.1. The molecule has 0 amide bonds. The maximum Gasteiger partial charge on any atom is 0.0934 e. The van der Waals surface area contributed by atoms with E-state index in [2.05, 4.69) is 74.8 Å². The summed E-state index contributed by atoms with van der Waals surface area (Å²) >= 11 is 3.48. The molecule has 0 fully saturated rings. The first-order valence-electron chi connectivity index (χ1n) is 7.20. The molecular formula is C18H15BrN2. The van der Waals surface area contributed by atoms with E-state index in [9.17, 15) is 0 Å². The Morgan fingerprint density at radius 1 is 1.10 bits per heavy atom. The number of rotatable bonds is 2. The number of anilines is 1. The Morgan fingerprint density at radius 2 is 2.00 bits per heavy atom. The lowest BCUT2D eigenvalue weighted by Crippen LogP contribution is -2.07. The smallest absolute Gasteiger partial charge is 0.0934 e. The van der Waals surface area contributed by atoms with Crippen LogP contribution in [0.3, 0.4) is 0 Å². The van der Waals surface area contributed by atoms with Crippen molar-refractivity contribution in [3.8, 4) is 0 Å². The molecule has 0 bridgehead atoms. The van der Waals surface area contributed by atoms with Gasteiger partial charge in [-0.2, -0.15) is 0 Å². The number of para-hydroxylation sites is 1. The van der Waals surface area contributed by atoms with Gasteiger partial charge in [-0.15, -0.1) is 0 Å². The minimum absolute atomic E-state index is 0.386. The second-order valence-electron chi connectivity index (χ2n) is 5.47. The van der Waals surface area contributed by atoms with Crippen LogP contribution in [0.5, 0.6) is 0 Å². The largest absolute Gasteiger partial charge is 0.376 e. The van der Waals surface area contributed by atoms with Crippen LogP contribution < -0.4 is 5.32 Å². The predicted octanol–water partition coefficient (Wildman–Crippen LogP) is 5.10. The zero-order valence-electron chi connectivity index (χ0n) is 11.5. The Hall–Kier alpha value is -1.87. The number of fused-ring (bicyclic) bond motifs is 2. The Bertz CT molecular complexity index is 813. The Labute approximate surface area is 132 Å². The summed E-state index contributed by atoms with van der Waals surface area (Å²) in [6.45, 7) is 0. The van der Waals surface area contributed by atoms with Gasteiger partial charge in [0, 0.05) is 16.1 Å². The molecule has 0 saturated carbocycles. The van der Waals surface area contributed by atoms with Crippen LogP contribution in [0, 0.1) is 0 Å². The van der Waals surface area contributed by atoms with E-state index in [1.165, 1.54) is 11.1 Å². The average Bonchev–Trinajstić information content (AvgIpc) is 2.91. The van der Waals surface area contributed by atoms with E-state index < -0.39 is 0 Å². The number of nitrogens with zero attached hydrogens (tertiary/aromatic N) is 1.